The molecule has 0 spiro atoms. The van der Waals surface area contributed by atoms with Crippen molar-refractivity contribution < 1.29 is 14.3 Å². The summed E-state index contributed by atoms with van der Waals surface area (Å²) in [5.41, 5.74) is 3.69. The van der Waals surface area contributed by atoms with Crippen LogP contribution in [0.3, 0.4) is 0 Å². The molecule has 0 aliphatic rings. The molecule has 2 aromatic rings. The predicted octanol–water partition coefficient (Wildman–Crippen LogP) is 5.03. The van der Waals surface area contributed by atoms with Gasteiger partial charge in [0.2, 0.25) is 11.8 Å². The first-order valence-corrected chi connectivity index (χ1v) is 12.0. The van der Waals surface area contributed by atoms with Crippen LogP contribution in [-0.4, -0.2) is 53.3 Å². The zero-order valence-corrected chi connectivity index (χ0v) is 22.4. The van der Waals surface area contributed by atoms with Gasteiger partial charge in [0.1, 0.15) is 5.82 Å². The number of hydrogen-bond acceptors (Lipinski definition) is 4. The Labute approximate surface area is 204 Å². The Morgan fingerprint density at radius 1 is 1.09 bits per heavy atom. The molecule has 7 nitrogen and oxygen atoms in total. The summed E-state index contributed by atoms with van der Waals surface area (Å²) in [4.78, 5) is 27.7. The Morgan fingerprint density at radius 2 is 1.76 bits per heavy atom. The van der Waals surface area contributed by atoms with Crippen molar-refractivity contribution in [2.75, 3.05) is 32.1 Å². The second-order valence-corrected chi connectivity index (χ2v) is 11.3. The van der Waals surface area contributed by atoms with E-state index in [1.807, 2.05) is 45.9 Å². The number of hydrogen-bond donors (Lipinski definition) is 1. The van der Waals surface area contributed by atoms with Crippen LogP contribution in [0.25, 0.3) is 5.69 Å². The van der Waals surface area contributed by atoms with Crippen molar-refractivity contribution in [3.05, 3.63) is 41.1 Å². The minimum Gasteiger partial charge on any atom is -0.385 e. The first kappa shape index (κ1) is 27.6. The van der Waals surface area contributed by atoms with Crippen LogP contribution in [0.4, 0.5) is 5.82 Å². The molecule has 0 saturated heterocycles. The number of aryl methyl sites for hydroxylation is 2. The first-order chi connectivity index (χ1) is 15.7. The summed E-state index contributed by atoms with van der Waals surface area (Å²) in [5.74, 6) is 0.324. The molecule has 0 fully saturated rings. The van der Waals surface area contributed by atoms with Crippen LogP contribution in [0.2, 0.25) is 0 Å². The molecule has 0 unspecified atom stereocenters. The summed E-state index contributed by atoms with van der Waals surface area (Å²) < 4.78 is 6.93. The fraction of sp³-hybridized carbons (Fsp3) is 0.593. The monoisotopic (exact) mass is 470 g/mol. The van der Waals surface area contributed by atoms with E-state index in [2.05, 4.69) is 39.1 Å². The van der Waals surface area contributed by atoms with Gasteiger partial charge in [-0.15, -0.1) is 0 Å². The molecular weight excluding hydrogens is 428 g/mol. The summed E-state index contributed by atoms with van der Waals surface area (Å²) in [6.45, 7) is 17.4. The molecule has 34 heavy (non-hydrogen) atoms. The Balaban J connectivity index is 2.31. The number of carbonyl (C=O) groups is 2. The third-order valence-electron chi connectivity index (χ3n) is 5.47. The number of amides is 2. The fourth-order valence-electron chi connectivity index (χ4n) is 3.68. The van der Waals surface area contributed by atoms with Crippen LogP contribution < -0.4 is 5.32 Å². The maximum absolute atomic E-state index is 13.1. The minimum atomic E-state index is -0.244. The van der Waals surface area contributed by atoms with Crippen LogP contribution in [0.5, 0.6) is 0 Å². The second kappa shape index (κ2) is 11.2. The molecule has 0 aliphatic heterocycles. The number of benzene rings is 1. The van der Waals surface area contributed by atoms with Crippen molar-refractivity contribution >= 4 is 17.6 Å². The normalized spacial score (nSPS) is 12.0. The van der Waals surface area contributed by atoms with E-state index in [9.17, 15) is 9.59 Å². The maximum atomic E-state index is 13.1. The van der Waals surface area contributed by atoms with Crippen molar-refractivity contribution in [1.82, 2.24) is 14.7 Å². The molecule has 7 heteroatoms. The summed E-state index contributed by atoms with van der Waals surface area (Å²) in [5, 5.41) is 7.84. The maximum Gasteiger partial charge on any atom is 0.245 e. The van der Waals surface area contributed by atoms with Gasteiger partial charge in [-0.2, -0.15) is 5.10 Å². The molecular formula is C27H42N4O3. The molecule has 0 radical (unpaired) electrons. The summed E-state index contributed by atoms with van der Waals surface area (Å²) in [6.07, 6.45) is 1.05. The molecule has 1 aromatic carbocycles. The lowest BCUT2D eigenvalue weighted by molar-refractivity contribution is -0.136. The molecule has 0 atom stereocenters. The lowest BCUT2D eigenvalue weighted by atomic mass is 9.91. The SMILES string of the molecule is COCCCN(CC(=O)Nc1cc(C(C)(C)C)nn1-c1ccc(C)cc1C)C(=O)CC(C)(C)C. The van der Waals surface area contributed by atoms with Crippen LogP contribution >= 0.6 is 0 Å². The van der Waals surface area contributed by atoms with Gasteiger partial charge < -0.3 is 15.0 Å². The third kappa shape index (κ3) is 7.97. The highest BCUT2D eigenvalue weighted by Crippen LogP contribution is 2.28. The highest BCUT2D eigenvalue weighted by Gasteiger charge is 2.25. The fourth-order valence-corrected chi connectivity index (χ4v) is 3.68. The number of carbonyl (C=O) groups excluding carboxylic acids is 2. The average Bonchev–Trinajstić information content (AvgIpc) is 3.10. The molecule has 0 aliphatic carbocycles. The van der Waals surface area contributed by atoms with Gasteiger partial charge in [0.05, 0.1) is 17.9 Å². The van der Waals surface area contributed by atoms with Crippen molar-refractivity contribution in [2.24, 2.45) is 5.41 Å². The van der Waals surface area contributed by atoms with E-state index in [1.165, 1.54) is 5.56 Å². The first-order valence-electron chi connectivity index (χ1n) is 12.0. The number of nitrogens with one attached hydrogen (secondary N) is 1. The summed E-state index contributed by atoms with van der Waals surface area (Å²) in [6, 6.07) is 8.07. The van der Waals surface area contributed by atoms with Gasteiger partial charge in [-0.25, -0.2) is 4.68 Å². The van der Waals surface area contributed by atoms with Crippen molar-refractivity contribution in [2.45, 2.75) is 73.6 Å². The predicted molar refractivity (Wildman–Crippen MR) is 138 cm³/mol. The number of rotatable bonds is 9. The standard InChI is InChI=1S/C27H42N4O3/c1-19-11-12-21(20(2)15-19)31-23(16-22(29-31)27(6,7)8)28-24(32)18-30(13-10-14-34-9)25(33)17-26(3,4)5/h11-12,15-16H,10,13-14,17-18H2,1-9H3,(H,28,32). The number of aromatic nitrogens is 2. The van der Waals surface area contributed by atoms with E-state index >= 15 is 0 Å². The van der Waals surface area contributed by atoms with Crippen LogP contribution in [0.1, 0.15) is 71.2 Å². The van der Waals surface area contributed by atoms with Crippen LogP contribution in [0, 0.1) is 19.3 Å². The Kier molecular flexibility index (Phi) is 9.06. The third-order valence-corrected chi connectivity index (χ3v) is 5.47. The van der Waals surface area contributed by atoms with E-state index in [0.29, 0.717) is 31.8 Å². The van der Waals surface area contributed by atoms with Crippen LogP contribution in [0.15, 0.2) is 24.3 Å². The van der Waals surface area contributed by atoms with E-state index in [4.69, 9.17) is 9.84 Å². The van der Waals surface area contributed by atoms with Gasteiger partial charge >= 0.3 is 0 Å². The van der Waals surface area contributed by atoms with Crippen molar-refractivity contribution in [3.8, 4) is 5.69 Å². The van der Waals surface area contributed by atoms with Gasteiger partial charge in [-0.3, -0.25) is 9.59 Å². The molecule has 1 heterocycles. The molecule has 1 N–H and O–H groups in total. The lowest BCUT2D eigenvalue weighted by Gasteiger charge is -2.26. The van der Waals surface area contributed by atoms with Gasteiger partial charge in [0.15, 0.2) is 0 Å². The average molecular weight is 471 g/mol. The topological polar surface area (TPSA) is 76.5 Å². The smallest absolute Gasteiger partial charge is 0.245 e. The Hall–Kier alpha value is -2.67. The highest BCUT2D eigenvalue weighted by atomic mass is 16.5. The van der Waals surface area contributed by atoms with Gasteiger partial charge in [-0.1, -0.05) is 59.2 Å². The minimum absolute atomic E-state index is 0.0124. The summed E-state index contributed by atoms with van der Waals surface area (Å²) in [7, 11) is 1.63. The lowest BCUT2D eigenvalue weighted by Crippen LogP contribution is -2.40. The van der Waals surface area contributed by atoms with E-state index < -0.39 is 0 Å². The molecule has 2 rings (SSSR count). The van der Waals surface area contributed by atoms with E-state index in [-0.39, 0.29) is 29.2 Å². The Morgan fingerprint density at radius 3 is 2.32 bits per heavy atom. The van der Waals surface area contributed by atoms with E-state index in [1.54, 1.807) is 16.7 Å². The summed E-state index contributed by atoms with van der Waals surface area (Å²) >= 11 is 0. The zero-order valence-electron chi connectivity index (χ0n) is 22.4. The highest BCUT2D eigenvalue weighted by molar-refractivity contribution is 5.94. The molecule has 2 amide bonds. The zero-order chi connectivity index (χ0) is 25.7. The van der Waals surface area contributed by atoms with Gasteiger partial charge in [-0.05, 0) is 37.3 Å². The molecule has 1 aromatic heterocycles. The largest absolute Gasteiger partial charge is 0.385 e. The number of ether oxygens (including phenoxy) is 1. The quantitative estimate of drug-likeness (QED) is 0.522. The van der Waals surface area contributed by atoms with Gasteiger partial charge in [0.25, 0.3) is 0 Å². The second-order valence-electron chi connectivity index (χ2n) is 11.3. The molecule has 0 saturated carbocycles. The molecule has 188 valence electrons. The van der Waals surface area contributed by atoms with Crippen molar-refractivity contribution in [1.29, 1.82) is 0 Å². The van der Waals surface area contributed by atoms with Gasteiger partial charge in [0, 0.05) is 38.2 Å². The number of anilines is 1. The van der Waals surface area contributed by atoms with Crippen molar-refractivity contribution in [3.63, 3.8) is 0 Å². The number of nitrogens with zero attached hydrogens (tertiary/aromatic N) is 3. The molecule has 0 bridgehead atoms. The van der Waals surface area contributed by atoms with E-state index in [0.717, 1.165) is 16.9 Å². The van der Waals surface area contributed by atoms with Crippen LogP contribution in [-0.2, 0) is 19.7 Å². The Bertz CT molecular complexity index is 996. The number of methoxy groups -OCH3 is 1.